The molecule has 20 heavy (non-hydrogen) atoms. The molecule has 0 aromatic heterocycles. The summed E-state index contributed by atoms with van der Waals surface area (Å²) in [5.74, 6) is 1.37. The Bertz CT molecular complexity index is 465. The minimum absolute atomic E-state index is 0.0764. The van der Waals surface area contributed by atoms with Crippen molar-refractivity contribution in [3.63, 3.8) is 0 Å². The van der Waals surface area contributed by atoms with Crippen LogP contribution in [0.15, 0.2) is 18.2 Å². The summed E-state index contributed by atoms with van der Waals surface area (Å²) in [6, 6.07) is 5.40. The monoisotopic (exact) mass is 277 g/mol. The number of likely N-dealkylation sites (tertiary alicyclic amines) is 1. The number of ether oxygens (including phenoxy) is 2. The maximum absolute atomic E-state index is 12.4. The first-order chi connectivity index (χ1) is 9.61. The molecule has 0 N–H and O–H groups in total. The lowest BCUT2D eigenvalue weighted by Gasteiger charge is -2.27. The van der Waals surface area contributed by atoms with E-state index in [0.29, 0.717) is 17.1 Å². The SMILES string of the molecule is COc1cc(C(=O)N2CCCCC2)ccc1OC(C)C. The zero-order valence-corrected chi connectivity index (χ0v) is 12.5. The van der Waals surface area contributed by atoms with Gasteiger partial charge in [0.15, 0.2) is 11.5 Å². The van der Waals surface area contributed by atoms with Crippen LogP contribution in [0.4, 0.5) is 0 Å². The third-order valence-electron chi connectivity index (χ3n) is 3.42. The number of carbonyl (C=O) groups is 1. The van der Waals surface area contributed by atoms with Crippen LogP contribution in [0.1, 0.15) is 43.5 Å². The van der Waals surface area contributed by atoms with Crippen molar-refractivity contribution in [1.82, 2.24) is 4.90 Å². The van der Waals surface area contributed by atoms with Gasteiger partial charge in [0.1, 0.15) is 0 Å². The molecule has 1 aromatic carbocycles. The van der Waals surface area contributed by atoms with Gasteiger partial charge in [0.2, 0.25) is 0 Å². The van der Waals surface area contributed by atoms with E-state index < -0.39 is 0 Å². The maximum Gasteiger partial charge on any atom is 0.253 e. The van der Waals surface area contributed by atoms with Crippen molar-refractivity contribution >= 4 is 5.91 Å². The zero-order valence-electron chi connectivity index (χ0n) is 12.5. The predicted molar refractivity (Wildman–Crippen MR) is 78.5 cm³/mol. The zero-order chi connectivity index (χ0) is 14.5. The molecule has 1 aromatic rings. The van der Waals surface area contributed by atoms with Crippen molar-refractivity contribution in [2.45, 2.75) is 39.2 Å². The fourth-order valence-corrected chi connectivity index (χ4v) is 2.43. The number of methoxy groups -OCH3 is 1. The number of benzene rings is 1. The van der Waals surface area contributed by atoms with Crippen LogP contribution in [0.25, 0.3) is 0 Å². The first-order valence-electron chi connectivity index (χ1n) is 7.26. The lowest BCUT2D eigenvalue weighted by atomic mass is 10.1. The molecular weight excluding hydrogens is 254 g/mol. The number of rotatable bonds is 4. The van der Waals surface area contributed by atoms with Crippen LogP contribution in [-0.4, -0.2) is 37.1 Å². The Morgan fingerprint density at radius 2 is 1.85 bits per heavy atom. The van der Waals surface area contributed by atoms with Crippen molar-refractivity contribution in [2.75, 3.05) is 20.2 Å². The lowest BCUT2D eigenvalue weighted by Crippen LogP contribution is -2.35. The van der Waals surface area contributed by atoms with Crippen molar-refractivity contribution in [2.24, 2.45) is 0 Å². The molecule has 1 amide bonds. The third-order valence-corrected chi connectivity index (χ3v) is 3.42. The van der Waals surface area contributed by atoms with Crippen molar-refractivity contribution in [3.8, 4) is 11.5 Å². The maximum atomic E-state index is 12.4. The molecule has 1 heterocycles. The van der Waals surface area contributed by atoms with E-state index in [1.165, 1.54) is 6.42 Å². The van der Waals surface area contributed by atoms with Gasteiger partial charge in [0.05, 0.1) is 13.2 Å². The van der Waals surface area contributed by atoms with Gasteiger partial charge in [-0.15, -0.1) is 0 Å². The smallest absolute Gasteiger partial charge is 0.253 e. The van der Waals surface area contributed by atoms with E-state index in [9.17, 15) is 4.79 Å². The normalized spacial score (nSPS) is 15.3. The molecule has 0 bridgehead atoms. The molecule has 0 saturated carbocycles. The van der Waals surface area contributed by atoms with Crippen molar-refractivity contribution in [3.05, 3.63) is 23.8 Å². The molecule has 1 saturated heterocycles. The Kier molecular flexibility index (Phi) is 4.88. The highest BCUT2D eigenvalue weighted by atomic mass is 16.5. The fourth-order valence-electron chi connectivity index (χ4n) is 2.43. The minimum atomic E-state index is 0.0764. The summed E-state index contributed by atoms with van der Waals surface area (Å²) in [5.41, 5.74) is 0.667. The molecule has 1 aliphatic rings. The summed E-state index contributed by atoms with van der Waals surface area (Å²) in [7, 11) is 1.59. The number of amides is 1. The number of piperidine rings is 1. The quantitative estimate of drug-likeness (QED) is 0.849. The number of hydrogen-bond donors (Lipinski definition) is 0. The van der Waals surface area contributed by atoms with E-state index in [2.05, 4.69) is 0 Å². The third kappa shape index (κ3) is 3.44. The number of nitrogens with zero attached hydrogens (tertiary/aromatic N) is 1. The van der Waals surface area contributed by atoms with Crippen LogP contribution < -0.4 is 9.47 Å². The number of hydrogen-bond acceptors (Lipinski definition) is 3. The summed E-state index contributed by atoms with van der Waals surface area (Å²) in [6.45, 7) is 5.63. The molecule has 0 spiro atoms. The fraction of sp³-hybridized carbons (Fsp3) is 0.562. The van der Waals surface area contributed by atoms with E-state index in [-0.39, 0.29) is 12.0 Å². The summed E-state index contributed by atoms with van der Waals surface area (Å²) in [5, 5.41) is 0. The molecule has 110 valence electrons. The molecular formula is C16H23NO3. The van der Waals surface area contributed by atoms with Gasteiger partial charge in [-0.25, -0.2) is 0 Å². The Balaban J connectivity index is 2.17. The van der Waals surface area contributed by atoms with Gasteiger partial charge in [-0.3, -0.25) is 4.79 Å². The first kappa shape index (κ1) is 14.7. The van der Waals surface area contributed by atoms with Crippen LogP contribution in [0, 0.1) is 0 Å². The molecule has 1 fully saturated rings. The second-order valence-corrected chi connectivity index (χ2v) is 5.39. The van der Waals surface area contributed by atoms with Crippen molar-refractivity contribution < 1.29 is 14.3 Å². The van der Waals surface area contributed by atoms with E-state index in [4.69, 9.17) is 9.47 Å². The Labute approximate surface area is 120 Å². The second-order valence-electron chi connectivity index (χ2n) is 5.39. The number of carbonyl (C=O) groups excluding carboxylic acids is 1. The second kappa shape index (κ2) is 6.64. The standard InChI is InChI=1S/C16H23NO3/c1-12(2)20-14-8-7-13(11-15(14)19-3)16(18)17-9-5-4-6-10-17/h7-8,11-12H,4-6,9-10H2,1-3H3. The van der Waals surface area contributed by atoms with Gasteiger partial charge < -0.3 is 14.4 Å². The summed E-state index contributed by atoms with van der Waals surface area (Å²) < 4.78 is 11.0. The van der Waals surface area contributed by atoms with Crippen LogP contribution >= 0.6 is 0 Å². The minimum Gasteiger partial charge on any atom is -0.493 e. The topological polar surface area (TPSA) is 38.8 Å². The summed E-state index contributed by atoms with van der Waals surface area (Å²) in [6.07, 6.45) is 3.48. The van der Waals surface area contributed by atoms with E-state index in [1.54, 1.807) is 13.2 Å². The molecule has 4 heteroatoms. The summed E-state index contributed by atoms with van der Waals surface area (Å²) >= 11 is 0. The van der Waals surface area contributed by atoms with Gasteiger partial charge >= 0.3 is 0 Å². The van der Waals surface area contributed by atoms with E-state index >= 15 is 0 Å². The highest BCUT2D eigenvalue weighted by molar-refractivity contribution is 5.95. The van der Waals surface area contributed by atoms with Gasteiger partial charge in [0.25, 0.3) is 5.91 Å². The molecule has 0 aliphatic carbocycles. The van der Waals surface area contributed by atoms with Crippen LogP contribution in [-0.2, 0) is 0 Å². The Morgan fingerprint density at radius 1 is 1.15 bits per heavy atom. The molecule has 4 nitrogen and oxygen atoms in total. The average Bonchev–Trinajstić information content (AvgIpc) is 2.47. The lowest BCUT2D eigenvalue weighted by molar-refractivity contribution is 0.0724. The van der Waals surface area contributed by atoms with Crippen LogP contribution in [0.3, 0.4) is 0 Å². The largest absolute Gasteiger partial charge is 0.493 e. The first-order valence-corrected chi connectivity index (χ1v) is 7.26. The predicted octanol–water partition coefficient (Wildman–Crippen LogP) is 3.11. The molecule has 2 rings (SSSR count). The van der Waals surface area contributed by atoms with Gasteiger partial charge in [0, 0.05) is 18.7 Å². The van der Waals surface area contributed by atoms with E-state index in [1.807, 2.05) is 30.9 Å². The summed E-state index contributed by atoms with van der Waals surface area (Å²) in [4.78, 5) is 14.3. The molecule has 0 atom stereocenters. The van der Waals surface area contributed by atoms with Gasteiger partial charge in [-0.05, 0) is 51.3 Å². The Hall–Kier alpha value is -1.71. The van der Waals surface area contributed by atoms with E-state index in [0.717, 1.165) is 25.9 Å². The molecule has 0 unspecified atom stereocenters. The molecule has 0 radical (unpaired) electrons. The highest BCUT2D eigenvalue weighted by Gasteiger charge is 2.19. The van der Waals surface area contributed by atoms with Gasteiger partial charge in [-0.2, -0.15) is 0 Å². The highest BCUT2D eigenvalue weighted by Crippen LogP contribution is 2.29. The van der Waals surface area contributed by atoms with Crippen molar-refractivity contribution in [1.29, 1.82) is 0 Å². The van der Waals surface area contributed by atoms with Crippen LogP contribution in [0.5, 0.6) is 11.5 Å². The van der Waals surface area contributed by atoms with Gasteiger partial charge in [-0.1, -0.05) is 0 Å². The average molecular weight is 277 g/mol. The molecule has 1 aliphatic heterocycles. The van der Waals surface area contributed by atoms with Crippen LogP contribution in [0.2, 0.25) is 0 Å². The Morgan fingerprint density at radius 3 is 2.45 bits per heavy atom.